The molecule has 1 aromatic carbocycles. The third-order valence-corrected chi connectivity index (χ3v) is 2.88. The maximum Gasteiger partial charge on any atom is 0.432 e. The highest BCUT2D eigenvalue weighted by Crippen LogP contribution is 2.28. The van der Waals surface area contributed by atoms with E-state index in [0.29, 0.717) is 10.1 Å². The average molecular weight is 297 g/mol. The first-order valence-electron chi connectivity index (χ1n) is 5.80. The van der Waals surface area contributed by atoms with Gasteiger partial charge in [0, 0.05) is 17.7 Å². The van der Waals surface area contributed by atoms with Crippen molar-refractivity contribution in [1.82, 2.24) is 14.6 Å². The van der Waals surface area contributed by atoms with Crippen LogP contribution < -0.4 is 5.56 Å². The molecule has 1 N–H and O–H groups in total. The average Bonchev–Trinajstić information content (AvgIpc) is 2.83. The van der Waals surface area contributed by atoms with E-state index in [1.54, 1.807) is 0 Å². The Balaban J connectivity index is 2.21. The fraction of sp³-hybridized carbons (Fsp3) is 0.0769. The van der Waals surface area contributed by atoms with Crippen LogP contribution in [0.4, 0.5) is 17.6 Å². The Morgan fingerprint density at radius 2 is 1.90 bits per heavy atom. The van der Waals surface area contributed by atoms with Crippen molar-refractivity contribution < 1.29 is 17.6 Å². The molecular weight excluding hydrogens is 290 g/mol. The van der Waals surface area contributed by atoms with Crippen molar-refractivity contribution in [2.75, 3.05) is 0 Å². The molecule has 0 aliphatic heterocycles. The van der Waals surface area contributed by atoms with Crippen LogP contribution in [0.2, 0.25) is 0 Å². The van der Waals surface area contributed by atoms with Gasteiger partial charge in [-0.2, -0.15) is 13.2 Å². The first-order valence-corrected chi connectivity index (χ1v) is 5.80. The summed E-state index contributed by atoms with van der Waals surface area (Å²) in [7, 11) is 0. The Labute approximate surface area is 114 Å². The maximum atomic E-state index is 13.2. The van der Waals surface area contributed by atoms with Gasteiger partial charge in [-0.1, -0.05) is 12.1 Å². The molecule has 0 saturated heterocycles. The highest BCUT2D eigenvalue weighted by Gasteiger charge is 2.33. The van der Waals surface area contributed by atoms with Crippen LogP contribution in [0.5, 0.6) is 0 Å². The van der Waals surface area contributed by atoms with Gasteiger partial charge in [0.2, 0.25) is 0 Å². The van der Waals surface area contributed by atoms with Crippen LogP contribution in [0.15, 0.2) is 41.2 Å². The number of halogens is 4. The van der Waals surface area contributed by atoms with Crippen molar-refractivity contribution in [2.45, 2.75) is 6.18 Å². The van der Waals surface area contributed by atoms with Crippen LogP contribution in [0.25, 0.3) is 16.9 Å². The number of H-pyrrole nitrogens is 1. The van der Waals surface area contributed by atoms with Gasteiger partial charge in [0.1, 0.15) is 11.5 Å². The van der Waals surface area contributed by atoms with Crippen LogP contribution in [0.1, 0.15) is 5.69 Å². The van der Waals surface area contributed by atoms with Gasteiger partial charge in [-0.3, -0.25) is 9.89 Å². The lowest BCUT2D eigenvalue weighted by atomic mass is 10.1. The summed E-state index contributed by atoms with van der Waals surface area (Å²) in [5, 5.41) is 1.94. The molecule has 21 heavy (non-hydrogen) atoms. The number of aromatic nitrogens is 3. The summed E-state index contributed by atoms with van der Waals surface area (Å²) in [4.78, 5) is 15.8. The van der Waals surface area contributed by atoms with Gasteiger partial charge in [0.25, 0.3) is 5.56 Å². The number of rotatable bonds is 1. The van der Waals surface area contributed by atoms with Gasteiger partial charge in [-0.05, 0) is 12.1 Å². The second kappa shape index (κ2) is 4.44. The summed E-state index contributed by atoms with van der Waals surface area (Å²) in [5.41, 5.74) is -1.57. The van der Waals surface area contributed by atoms with Gasteiger partial charge in [0.15, 0.2) is 5.65 Å². The molecule has 0 aliphatic rings. The Morgan fingerprint density at radius 3 is 2.57 bits per heavy atom. The second-order valence-electron chi connectivity index (χ2n) is 4.35. The summed E-state index contributed by atoms with van der Waals surface area (Å²) in [5.74, 6) is -0.528. The predicted molar refractivity (Wildman–Crippen MR) is 66.2 cm³/mol. The molecule has 0 fully saturated rings. The van der Waals surface area contributed by atoms with E-state index in [9.17, 15) is 22.4 Å². The van der Waals surface area contributed by atoms with E-state index in [1.807, 2.05) is 5.10 Å². The quantitative estimate of drug-likeness (QED) is 0.702. The molecule has 0 atom stereocenters. The van der Waals surface area contributed by atoms with Gasteiger partial charge in [-0.15, -0.1) is 0 Å². The highest BCUT2D eigenvalue weighted by molar-refractivity contribution is 5.61. The number of aromatic amines is 1. The minimum atomic E-state index is -4.61. The summed E-state index contributed by atoms with van der Waals surface area (Å²) in [6.07, 6.45) is -4.61. The second-order valence-corrected chi connectivity index (χ2v) is 4.35. The lowest BCUT2D eigenvalue weighted by molar-refractivity contribution is -0.141. The molecule has 0 amide bonds. The van der Waals surface area contributed by atoms with Gasteiger partial charge in [0.05, 0.1) is 5.69 Å². The van der Waals surface area contributed by atoms with E-state index >= 15 is 0 Å². The molecule has 108 valence electrons. The van der Waals surface area contributed by atoms with Crippen molar-refractivity contribution >= 4 is 5.65 Å². The van der Waals surface area contributed by atoms with Crippen LogP contribution in [-0.4, -0.2) is 14.6 Å². The topological polar surface area (TPSA) is 50.2 Å². The normalized spacial score (nSPS) is 12.0. The molecule has 3 aromatic rings. The van der Waals surface area contributed by atoms with Crippen molar-refractivity contribution in [2.24, 2.45) is 0 Å². The molecule has 0 radical (unpaired) electrons. The fourth-order valence-electron chi connectivity index (χ4n) is 1.93. The standard InChI is InChI=1S/C13H7F4N3O/c14-8-3-1-2-7(4-8)9-5-12(21)20-11(18-9)6-10(19-20)13(15,16)17/h1-6,19H. The molecule has 0 aliphatic carbocycles. The van der Waals surface area contributed by atoms with E-state index in [2.05, 4.69) is 4.98 Å². The zero-order valence-corrected chi connectivity index (χ0v) is 10.3. The zero-order valence-electron chi connectivity index (χ0n) is 10.3. The van der Waals surface area contributed by atoms with Gasteiger partial charge in [-0.25, -0.2) is 13.9 Å². The van der Waals surface area contributed by atoms with Crippen molar-refractivity contribution in [1.29, 1.82) is 0 Å². The Bertz CT molecular complexity index is 879. The summed E-state index contributed by atoms with van der Waals surface area (Å²) >= 11 is 0. The lowest BCUT2D eigenvalue weighted by Crippen LogP contribution is -2.15. The SMILES string of the molecule is O=c1cc(-c2cccc(F)c2)nc2cc(C(F)(F)F)[nH]n12. The smallest absolute Gasteiger partial charge is 0.285 e. The van der Waals surface area contributed by atoms with E-state index in [0.717, 1.165) is 18.2 Å². The summed E-state index contributed by atoms with van der Waals surface area (Å²) in [6.45, 7) is 0. The number of hydrogen-bond acceptors (Lipinski definition) is 2. The molecule has 2 aromatic heterocycles. The molecule has 0 saturated carbocycles. The number of nitrogens with one attached hydrogen (secondary N) is 1. The van der Waals surface area contributed by atoms with E-state index in [-0.39, 0.29) is 11.3 Å². The summed E-state index contributed by atoms with van der Waals surface area (Å²) < 4.78 is 51.7. The minimum Gasteiger partial charge on any atom is -0.285 e. The third-order valence-electron chi connectivity index (χ3n) is 2.88. The number of hydrogen-bond donors (Lipinski definition) is 1. The van der Waals surface area contributed by atoms with Crippen LogP contribution in [0.3, 0.4) is 0 Å². The molecule has 8 heteroatoms. The number of alkyl halides is 3. The van der Waals surface area contributed by atoms with Crippen molar-refractivity contribution in [3.63, 3.8) is 0 Å². The third kappa shape index (κ3) is 2.39. The first kappa shape index (κ1) is 13.3. The van der Waals surface area contributed by atoms with E-state index < -0.39 is 23.2 Å². The first-order chi connectivity index (χ1) is 9.84. The molecule has 2 heterocycles. The lowest BCUT2D eigenvalue weighted by Gasteiger charge is -2.01. The number of benzene rings is 1. The number of fused-ring (bicyclic) bond motifs is 1. The fourth-order valence-corrected chi connectivity index (χ4v) is 1.93. The largest absolute Gasteiger partial charge is 0.432 e. The minimum absolute atomic E-state index is 0.104. The molecule has 0 bridgehead atoms. The van der Waals surface area contributed by atoms with Gasteiger partial charge >= 0.3 is 6.18 Å². The van der Waals surface area contributed by atoms with Crippen LogP contribution in [0, 0.1) is 5.82 Å². The monoisotopic (exact) mass is 297 g/mol. The maximum absolute atomic E-state index is 13.2. The Hall–Kier alpha value is -2.64. The molecule has 0 spiro atoms. The van der Waals surface area contributed by atoms with Crippen molar-refractivity contribution in [3.05, 3.63) is 58.3 Å². The van der Waals surface area contributed by atoms with Crippen LogP contribution in [-0.2, 0) is 6.18 Å². The highest BCUT2D eigenvalue weighted by atomic mass is 19.4. The van der Waals surface area contributed by atoms with Crippen molar-refractivity contribution in [3.8, 4) is 11.3 Å². The molecule has 3 rings (SSSR count). The Morgan fingerprint density at radius 1 is 1.14 bits per heavy atom. The number of nitrogens with zero attached hydrogens (tertiary/aromatic N) is 2. The molecular formula is C13H7F4N3O. The zero-order chi connectivity index (χ0) is 15.2. The Kier molecular flexibility index (Phi) is 2.82. The van der Waals surface area contributed by atoms with Gasteiger partial charge < -0.3 is 0 Å². The summed E-state index contributed by atoms with van der Waals surface area (Å²) in [6, 6.07) is 7.07. The molecule has 4 nitrogen and oxygen atoms in total. The van der Waals surface area contributed by atoms with E-state index in [1.165, 1.54) is 18.2 Å². The van der Waals surface area contributed by atoms with E-state index in [4.69, 9.17) is 0 Å². The molecule has 0 unspecified atom stereocenters. The van der Waals surface area contributed by atoms with Crippen LogP contribution >= 0.6 is 0 Å². The predicted octanol–water partition coefficient (Wildman–Crippen LogP) is 2.85.